The third-order valence-corrected chi connectivity index (χ3v) is 6.22. The lowest BCUT2D eigenvalue weighted by Gasteiger charge is -2.24. The molecule has 1 heterocycles. The van der Waals surface area contributed by atoms with E-state index in [4.69, 9.17) is 21.4 Å². The number of hydrogen-bond acceptors (Lipinski definition) is 3. The van der Waals surface area contributed by atoms with Crippen LogP contribution < -0.4 is 15.4 Å². The van der Waals surface area contributed by atoms with Crippen LogP contribution >= 0.6 is 12.2 Å². The second-order valence-corrected chi connectivity index (χ2v) is 7.93. The molecule has 26 heavy (non-hydrogen) atoms. The van der Waals surface area contributed by atoms with Crippen molar-refractivity contribution in [3.05, 3.63) is 36.4 Å². The molecule has 2 fully saturated rings. The molecule has 2 aliphatic carbocycles. The van der Waals surface area contributed by atoms with Gasteiger partial charge in [-0.2, -0.15) is 0 Å². The Balaban J connectivity index is 1.42. The van der Waals surface area contributed by atoms with Gasteiger partial charge in [0.15, 0.2) is 5.11 Å². The van der Waals surface area contributed by atoms with Crippen molar-refractivity contribution in [2.45, 2.75) is 31.7 Å². The Morgan fingerprint density at radius 2 is 2.00 bits per heavy atom. The Morgan fingerprint density at radius 3 is 2.77 bits per heavy atom. The van der Waals surface area contributed by atoms with Gasteiger partial charge in [0.05, 0.1) is 12.8 Å². The molecule has 3 aromatic rings. The van der Waals surface area contributed by atoms with Gasteiger partial charge in [-0.05, 0) is 55.4 Å². The highest BCUT2D eigenvalue weighted by molar-refractivity contribution is 7.80. The predicted octanol–water partition coefficient (Wildman–Crippen LogP) is 5.07. The molecule has 2 saturated carbocycles. The van der Waals surface area contributed by atoms with Crippen molar-refractivity contribution in [3.8, 4) is 5.75 Å². The number of benzene rings is 2. The monoisotopic (exact) mass is 366 g/mol. The van der Waals surface area contributed by atoms with Gasteiger partial charge >= 0.3 is 0 Å². The highest BCUT2D eigenvalue weighted by atomic mass is 32.1. The molecule has 5 heteroatoms. The summed E-state index contributed by atoms with van der Waals surface area (Å²) in [7, 11) is 1.68. The molecule has 5 rings (SSSR count). The summed E-state index contributed by atoms with van der Waals surface area (Å²) < 4.78 is 11.6. The number of hydrogen-bond donors (Lipinski definition) is 2. The zero-order chi connectivity index (χ0) is 17.7. The maximum absolute atomic E-state index is 5.99. The Bertz CT molecular complexity index is 996. The Morgan fingerprint density at radius 1 is 1.12 bits per heavy atom. The van der Waals surface area contributed by atoms with E-state index >= 15 is 0 Å². The van der Waals surface area contributed by atoms with Crippen molar-refractivity contribution in [2.75, 3.05) is 12.4 Å². The number of furan rings is 1. The summed E-state index contributed by atoms with van der Waals surface area (Å²) in [5.41, 5.74) is 2.54. The van der Waals surface area contributed by atoms with Gasteiger partial charge in [0.2, 0.25) is 0 Å². The standard InChI is InChI=1S/C21H22N2O2S/c1-24-20-10-15-14-4-2-3-5-18(14)25-19(15)11-17(20)23-21(26)22-16-9-12-6-7-13(16)8-12/h2-5,10-13,16H,6-9H2,1H3,(H2,22,23,26)/t12-,13-,16-/m1/s1. The lowest BCUT2D eigenvalue weighted by Crippen LogP contribution is -2.40. The molecule has 2 aliphatic rings. The van der Waals surface area contributed by atoms with E-state index in [9.17, 15) is 0 Å². The van der Waals surface area contributed by atoms with Crippen molar-refractivity contribution < 1.29 is 9.15 Å². The van der Waals surface area contributed by atoms with Gasteiger partial charge < -0.3 is 19.8 Å². The molecule has 4 nitrogen and oxygen atoms in total. The number of methoxy groups -OCH3 is 1. The molecular weight excluding hydrogens is 344 g/mol. The predicted molar refractivity (Wildman–Crippen MR) is 109 cm³/mol. The summed E-state index contributed by atoms with van der Waals surface area (Å²) in [6, 6.07) is 12.5. The largest absolute Gasteiger partial charge is 0.495 e. The molecule has 1 aromatic heterocycles. The minimum atomic E-state index is 0.509. The summed E-state index contributed by atoms with van der Waals surface area (Å²) in [6.45, 7) is 0. The highest BCUT2D eigenvalue weighted by Gasteiger charge is 2.39. The summed E-state index contributed by atoms with van der Waals surface area (Å²) in [5.74, 6) is 2.43. The number of anilines is 1. The quantitative estimate of drug-likeness (QED) is 0.634. The minimum absolute atomic E-state index is 0.509. The van der Waals surface area contributed by atoms with Gasteiger partial charge in [0.1, 0.15) is 16.9 Å². The lowest BCUT2D eigenvalue weighted by molar-refractivity contribution is 0.391. The zero-order valence-corrected chi connectivity index (χ0v) is 15.6. The first kappa shape index (κ1) is 15.9. The average molecular weight is 366 g/mol. The number of ether oxygens (including phenoxy) is 1. The number of nitrogens with one attached hydrogen (secondary N) is 2. The number of fused-ring (bicyclic) bond motifs is 5. The van der Waals surface area contributed by atoms with E-state index in [1.54, 1.807) is 7.11 Å². The molecule has 134 valence electrons. The number of rotatable bonds is 3. The number of thiocarbonyl (C=S) groups is 1. The zero-order valence-electron chi connectivity index (χ0n) is 14.7. The second-order valence-electron chi connectivity index (χ2n) is 7.53. The molecule has 0 unspecified atom stereocenters. The van der Waals surface area contributed by atoms with Gasteiger partial charge in [-0.1, -0.05) is 24.6 Å². The van der Waals surface area contributed by atoms with E-state index in [0.29, 0.717) is 11.2 Å². The summed E-state index contributed by atoms with van der Waals surface area (Å²) in [5, 5.41) is 9.65. The van der Waals surface area contributed by atoms with Gasteiger partial charge in [0, 0.05) is 22.9 Å². The summed E-state index contributed by atoms with van der Waals surface area (Å²) in [6.07, 6.45) is 5.32. The van der Waals surface area contributed by atoms with Gasteiger partial charge in [-0.15, -0.1) is 0 Å². The van der Waals surface area contributed by atoms with Gasteiger partial charge in [-0.3, -0.25) is 0 Å². The minimum Gasteiger partial charge on any atom is -0.495 e. The average Bonchev–Trinajstić information content (AvgIpc) is 3.34. The van der Waals surface area contributed by atoms with Crippen LogP contribution in [0.2, 0.25) is 0 Å². The van der Waals surface area contributed by atoms with E-state index in [2.05, 4.69) is 16.7 Å². The highest BCUT2D eigenvalue weighted by Crippen LogP contribution is 2.44. The van der Waals surface area contributed by atoms with Gasteiger partial charge in [-0.25, -0.2) is 0 Å². The van der Waals surface area contributed by atoms with E-state index in [1.165, 1.54) is 25.7 Å². The molecule has 0 aliphatic heterocycles. The molecule has 0 radical (unpaired) electrons. The van der Waals surface area contributed by atoms with Crippen molar-refractivity contribution in [1.82, 2.24) is 5.32 Å². The van der Waals surface area contributed by atoms with Crippen molar-refractivity contribution in [1.29, 1.82) is 0 Å². The molecule has 2 bridgehead atoms. The van der Waals surface area contributed by atoms with Crippen LogP contribution in [0.3, 0.4) is 0 Å². The van der Waals surface area contributed by atoms with Crippen molar-refractivity contribution in [2.24, 2.45) is 11.8 Å². The third-order valence-electron chi connectivity index (χ3n) is 6.00. The SMILES string of the molecule is COc1cc2c(cc1NC(=S)N[C@@H]1C[C@@H]3CC[C@@H]1C3)oc1ccccc12. The second kappa shape index (κ2) is 6.16. The van der Waals surface area contributed by atoms with Crippen LogP contribution in [-0.4, -0.2) is 18.3 Å². The smallest absolute Gasteiger partial charge is 0.171 e. The lowest BCUT2D eigenvalue weighted by atomic mass is 9.95. The van der Waals surface area contributed by atoms with Crippen LogP contribution in [0, 0.1) is 11.8 Å². The molecular formula is C21H22N2O2S. The van der Waals surface area contributed by atoms with Crippen LogP contribution in [0.5, 0.6) is 5.75 Å². The molecule has 2 aromatic carbocycles. The topological polar surface area (TPSA) is 46.4 Å². The normalized spacial score (nSPS) is 24.3. The first-order valence-corrected chi connectivity index (χ1v) is 9.69. The Kier molecular flexibility index (Phi) is 3.78. The van der Waals surface area contributed by atoms with Crippen molar-refractivity contribution >= 4 is 45.0 Å². The van der Waals surface area contributed by atoms with Crippen LogP contribution in [0.1, 0.15) is 25.7 Å². The van der Waals surface area contributed by atoms with Crippen LogP contribution in [0.4, 0.5) is 5.69 Å². The number of para-hydroxylation sites is 1. The fourth-order valence-electron chi connectivity index (χ4n) is 4.77. The Labute approximate surface area is 157 Å². The van der Waals surface area contributed by atoms with E-state index in [1.807, 2.05) is 30.3 Å². The third kappa shape index (κ3) is 2.62. The summed E-state index contributed by atoms with van der Waals surface area (Å²) >= 11 is 5.57. The molecule has 0 amide bonds. The summed E-state index contributed by atoms with van der Waals surface area (Å²) in [4.78, 5) is 0. The first-order valence-electron chi connectivity index (χ1n) is 9.28. The van der Waals surface area contributed by atoms with Crippen LogP contribution in [-0.2, 0) is 0 Å². The van der Waals surface area contributed by atoms with E-state index in [-0.39, 0.29) is 0 Å². The van der Waals surface area contributed by atoms with Crippen LogP contribution in [0.15, 0.2) is 40.8 Å². The maximum Gasteiger partial charge on any atom is 0.171 e. The van der Waals surface area contributed by atoms with E-state index in [0.717, 1.165) is 45.2 Å². The maximum atomic E-state index is 5.99. The molecule has 0 saturated heterocycles. The van der Waals surface area contributed by atoms with E-state index < -0.39 is 0 Å². The van der Waals surface area contributed by atoms with Crippen LogP contribution in [0.25, 0.3) is 21.9 Å². The van der Waals surface area contributed by atoms with Crippen molar-refractivity contribution in [3.63, 3.8) is 0 Å². The molecule has 2 N–H and O–H groups in total. The fourth-order valence-corrected chi connectivity index (χ4v) is 5.03. The molecule has 0 spiro atoms. The fraction of sp³-hybridized carbons (Fsp3) is 0.381. The van der Waals surface area contributed by atoms with Gasteiger partial charge in [0.25, 0.3) is 0 Å². The Hall–Kier alpha value is -2.27. The first-order chi connectivity index (χ1) is 12.7. The molecule has 3 atom stereocenters.